The third-order valence-corrected chi connectivity index (χ3v) is 5.68. The summed E-state index contributed by atoms with van der Waals surface area (Å²) in [5, 5.41) is 0. The number of aromatic nitrogens is 2. The van der Waals surface area contributed by atoms with Gasteiger partial charge in [0.1, 0.15) is 0 Å². The Hall–Kier alpha value is -1.65. The summed E-state index contributed by atoms with van der Waals surface area (Å²) in [4.78, 5) is 12.7. The summed E-state index contributed by atoms with van der Waals surface area (Å²) < 4.78 is 0. The Morgan fingerprint density at radius 1 is 0.958 bits per heavy atom. The summed E-state index contributed by atoms with van der Waals surface area (Å²) in [5.74, 6) is 0. The maximum atomic E-state index is 4.16. The minimum atomic E-state index is 0.491. The van der Waals surface area contributed by atoms with E-state index in [0.29, 0.717) is 5.41 Å². The quantitative estimate of drug-likeness (QED) is 0.937. The molecule has 3 heterocycles. The SMILES string of the molecule is c1ccc(CN2CCCC3(CCCN(Cc4cnc[nH]4)C3)C2)cc1. The molecule has 1 atom stereocenters. The van der Waals surface area contributed by atoms with E-state index >= 15 is 0 Å². The van der Waals surface area contributed by atoms with E-state index < -0.39 is 0 Å². The topological polar surface area (TPSA) is 35.2 Å². The van der Waals surface area contributed by atoms with Crippen molar-refractivity contribution in [2.24, 2.45) is 5.41 Å². The number of imidazole rings is 1. The van der Waals surface area contributed by atoms with Gasteiger partial charge in [0.25, 0.3) is 0 Å². The van der Waals surface area contributed by atoms with E-state index in [9.17, 15) is 0 Å². The summed E-state index contributed by atoms with van der Waals surface area (Å²) in [6, 6.07) is 10.9. The van der Waals surface area contributed by atoms with Crippen molar-refractivity contribution in [3.63, 3.8) is 0 Å². The maximum absolute atomic E-state index is 4.16. The molecule has 4 rings (SSSR count). The zero-order valence-electron chi connectivity index (χ0n) is 14.5. The van der Waals surface area contributed by atoms with Crippen LogP contribution in [-0.4, -0.2) is 45.9 Å². The van der Waals surface area contributed by atoms with E-state index in [4.69, 9.17) is 0 Å². The highest BCUT2D eigenvalue weighted by atomic mass is 15.2. The van der Waals surface area contributed by atoms with Gasteiger partial charge in [-0.1, -0.05) is 30.3 Å². The molecule has 2 saturated heterocycles. The number of H-pyrrole nitrogens is 1. The van der Waals surface area contributed by atoms with Gasteiger partial charge in [0.05, 0.1) is 6.33 Å². The smallest absolute Gasteiger partial charge is 0.0922 e. The van der Waals surface area contributed by atoms with E-state index in [1.807, 2.05) is 6.20 Å². The summed E-state index contributed by atoms with van der Waals surface area (Å²) in [5.41, 5.74) is 3.18. The van der Waals surface area contributed by atoms with Gasteiger partial charge in [-0.15, -0.1) is 0 Å². The molecule has 4 nitrogen and oxygen atoms in total. The van der Waals surface area contributed by atoms with Crippen LogP contribution in [0.2, 0.25) is 0 Å². The largest absolute Gasteiger partial charge is 0.347 e. The van der Waals surface area contributed by atoms with Gasteiger partial charge in [0, 0.05) is 38.1 Å². The third-order valence-electron chi connectivity index (χ3n) is 5.68. The monoisotopic (exact) mass is 324 g/mol. The molecule has 1 spiro atoms. The van der Waals surface area contributed by atoms with E-state index in [-0.39, 0.29) is 0 Å². The van der Waals surface area contributed by atoms with Crippen LogP contribution in [0.5, 0.6) is 0 Å². The number of nitrogens with zero attached hydrogens (tertiary/aromatic N) is 3. The maximum Gasteiger partial charge on any atom is 0.0922 e. The van der Waals surface area contributed by atoms with Crippen molar-refractivity contribution in [3.05, 3.63) is 54.1 Å². The van der Waals surface area contributed by atoms with E-state index in [2.05, 4.69) is 50.1 Å². The Morgan fingerprint density at radius 2 is 1.67 bits per heavy atom. The average molecular weight is 324 g/mol. The minimum absolute atomic E-state index is 0.491. The van der Waals surface area contributed by atoms with Crippen molar-refractivity contribution < 1.29 is 0 Å². The number of benzene rings is 1. The predicted molar refractivity (Wildman–Crippen MR) is 96.5 cm³/mol. The minimum Gasteiger partial charge on any atom is -0.347 e. The number of piperidine rings is 2. The number of hydrogen-bond acceptors (Lipinski definition) is 3. The third kappa shape index (κ3) is 3.70. The van der Waals surface area contributed by atoms with Crippen LogP contribution in [0.1, 0.15) is 36.9 Å². The molecular weight excluding hydrogens is 296 g/mol. The molecule has 128 valence electrons. The Kier molecular flexibility index (Phi) is 4.67. The number of nitrogens with one attached hydrogen (secondary N) is 1. The molecule has 2 aliphatic rings. The van der Waals surface area contributed by atoms with E-state index in [1.54, 1.807) is 6.33 Å². The second-order valence-corrected chi connectivity index (χ2v) is 7.69. The van der Waals surface area contributed by atoms with E-state index in [0.717, 1.165) is 13.1 Å². The standard InChI is InChI=1S/C20H28N4/c1-2-6-18(7-3-1)13-23-10-4-8-20(15-23)9-5-11-24(16-20)14-19-12-21-17-22-19/h1-3,6-7,12,17H,4-5,8-11,13-16H2,(H,21,22). The van der Waals surface area contributed by atoms with Crippen LogP contribution in [0.25, 0.3) is 0 Å². The zero-order valence-corrected chi connectivity index (χ0v) is 14.5. The molecular formula is C20H28N4. The van der Waals surface area contributed by atoms with Crippen molar-refractivity contribution in [1.82, 2.24) is 19.8 Å². The number of hydrogen-bond donors (Lipinski definition) is 1. The fraction of sp³-hybridized carbons (Fsp3) is 0.550. The Balaban J connectivity index is 1.40. The lowest BCUT2D eigenvalue weighted by molar-refractivity contribution is 0.00740. The first-order valence-corrected chi connectivity index (χ1v) is 9.27. The van der Waals surface area contributed by atoms with Crippen LogP contribution < -0.4 is 0 Å². The van der Waals surface area contributed by atoms with Crippen LogP contribution >= 0.6 is 0 Å². The van der Waals surface area contributed by atoms with Crippen molar-refractivity contribution in [1.29, 1.82) is 0 Å². The fourth-order valence-corrected chi connectivity index (χ4v) is 4.68. The molecule has 0 saturated carbocycles. The molecule has 1 unspecified atom stereocenters. The lowest BCUT2D eigenvalue weighted by atomic mass is 9.73. The molecule has 1 N–H and O–H groups in total. The van der Waals surface area contributed by atoms with Gasteiger partial charge in [-0.3, -0.25) is 9.80 Å². The molecule has 2 aliphatic heterocycles. The summed E-state index contributed by atoms with van der Waals surface area (Å²) >= 11 is 0. The molecule has 4 heteroatoms. The number of aromatic amines is 1. The first kappa shape index (κ1) is 15.9. The van der Waals surface area contributed by atoms with Gasteiger partial charge >= 0.3 is 0 Å². The second-order valence-electron chi connectivity index (χ2n) is 7.69. The van der Waals surface area contributed by atoms with Gasteiger partial charge < -0.3 is 4.98 Å². The predicted octanol–water partition coefficient (Wildman–Crippen LogP) is 3.29. The van der Waals surface area contributed by atoms with Crippen molar-refractivity contribution in [2.45, 2.75) is 38.8 Å². The molecule has 1 aromatic carbocycles. The number of rotatable bonds is 4. The fourth-order valence-electron chi connectivity index (χ4n) is 4.68. The Morgan fingerprint density at radius 3 is 2.33 bits per heavy atom. The molecule has 24 heavy (non-hydrogen) atoms. The Labute approximate surface area is 144 Å². The van der Waals surface area contributed by atoms with Gasteiger partial charge in [-0.05, 0) is 49.8 Å². The van der Waals surface area contributed by atoms with Gasteiger partial charge in [-0.2, -0.15) is 0 Å². The van der Waals surface area contributed by atoms with Crippen LogP contribution in [0.4, 0.5) is 0 Å². The summed E-state index contributed by atoms with van der Waals surface area (Å²) in [6.45, 7) is 7.07. The highest BCUT2D eigenvalue weighted by Crippen LogP contribution is 2.39. The lowest BCUT2D eigenvalue weighted by Crippen LogP contribution is -2.51. The first-order chi connectivity index (χ1) is 11.8. The van der Waals surface area contributed by atoms with Crippen molar-refractivity contribution >= 4 is 0 Å². The Bertz CT molecular complexity index is 620. The summed E-state index contributed by atoms with van der Waals surface area (Å²) in [7, 11) is 0. The molecule has 2 fully saturated rings. The number of likely N-dealkylation sites (tertiary alicyclic amines) is 2. The highest BCUT2D eigenvalue weighted by molar-refractivity contribution is 5.14. The molecule has 1 aromatic heterocycles. The van der Waals surface area contributed by atoms with Gasteiger partial charge in [-0.25, -0.2) is 4.98 Å². The molecule has 2 aromatic rings. The van der Waals surface area contributed by atoms with Gasteiger partial charge in [0.15, 0.2) is 0 Å². The first-order valence-electron chi connectivity index (χ1n) is 9.27. The van der Waals surface area contributed by atoms with Gasteiger partial charge in [0.2, 0.25) is 0 Å². The lowest BCUT2D eigenvalue weighted by Gasteiger charge is -2.48. The van der Waals surface area contributed by atoms with Crippen LogP contribution in [0.3, 0.4) is 0 Å². The normalized spacial score (nSPS) is 26.0. The molecule has 0 radical (unpaired) electrons. The average Bonchev–Trinajstić information content (AvgIpc) is 3.09. The van der Waals surface area contributed by atoms with E-state index in [1.165, 1.54) is 63.1 Å². The zero-order chi connectivity index (χ0) is 16.2. The van der Waals surface area contributed by atoms with Crippen LogP contribution in [0.15, 0.2) is 42.9 Å². The second kappa shape index (κ2) is 7.08. The van der Waals surface area contributed by atoms with Crippen LogP contribution in [-0.2, 0) is 13.1 Å². The molecule has 0 aliphatic carbocycles. The molecule has 0 bridgehead atoms. The van der Waals surface area contributed by atoms with Crippen molar-refractivity contribution in [2.75, 3.05) is 26.2 Å². The van der Waals surface area contributed by atoms with Crippen molar-refractivity contribution in [3.8, 4) is 0 Å². The molecule has 0 amide bonds. The van der Waals surface area contributed by atoms with Crippen LogP contribution in [0, 0.1) is 5.41 Å². The summed E-state index contributed by atoms with van der Waals surface area (Å²) in [6.07, 6.45) is 9.19. The highest BCUT2D eigenvalue weighted by Gasteiger charge is 2.39.